The van der Waals surface area contributed by atoms with Gasteiger partial charge in [-0.05, 0) is 75.2 Å². The van der Waals surface area contributed by atoms with Crippen molar-refractivity contribution in [2.75, 3.05) is 29.9 Å². The molecule has 8 heteroatoms. The Hall–Kier alpha value is -3.83. The third-order valence-electron chi connectivity index (χ3n) is 4.94. The van der Waals surface area contributed by atoms with Gasteiger partial charge in [-0.25, -0.2) is 0 Å². The summed E-state index contributed by atoms with van der Waals surface area (Å²) in [6, 6.07) is 11.1. The molecule has 0 saturated carbocycles. The molecular weight excluding hydrogens is 418 g/mol. The van der Waals surface area contributed by atoms with Crippen LogP contribution in [0.2, 0.25) is 0 Å². The molecule has 0 aliphatic heterocycles. The van der Waals surface area contributed by atoms with E-state index in [9.17, 15) is 9.59 Å². The van der Waals surface area contributed by atoms with Gasteiger partial charge in [-0.1, -0.05) is 11.8 Å². The molecule has 1 amide bonds. The Balaban J connectivity index is 2.11. The van der Waals surface area contributed by atoms with Gasteiger partial charge in [0.1, 0.15) is 5.84 Å². The van der Waals surface area contributed by atoms with Gasteiger partial charge in [0.25, 0.3) is 0 Å². The van der Waals surface area contributed by atoms with E-state index >= 15 is 0 Å². The average molecular weight is 450 g/mol. The lowest BCUT2D eigenvalue weighted by Crippen LogP contribution is -2.43. The van der Waals surface area contributed by atoms with Crippen LogP contribution in [0.3, 0.4) is 0 Å². The van der Waals surface area contributed by atoms with Crippen LogP contribution in [-0.4, -0.2) is 48.5 Å². The Morgan fingerprint density at radius 3 is 2.36 bits per heavy atom. The number of carboxylic acids is 1. The van der Waals surface area contributed by atoms with Crippen LogP contribution in [0.4, 0.5) is 11.4 Å². The number of hydrogen-bond donors (Lipinski definition) is 5. The number of nitrogens with one attached hydrogen (secondary N) is 3. The molecule has 8 nitrogen and oxygen atoms in total. The Morgan fingerprint density at radius 1 is 1.12 bits per heavy atom. The summed E-state index contributed by atoms with van der Waals surface area (Å²) in [6.45, 7) is 7.86. The van der Waals surface area contributed by atoms with Gasteiger partial charge >= 0.3 is 5.97 Å². The molecule has 0 spiro atoms. The second-order valence-electron chi connectivity index (χ2n) is 7.95. The largest absolute Gasteiger partial charge is 0.480 e. The molecule has 6 N–H and O–H groups in total. The van der Waals surface area contributed by atoms with Crippen molar-refractivity contribution in [3.63, 3.8) is 0 Å². The summed E-state index contributed by atoms with van der Waals surface area (Å²) >= 11 is 0. The van der Waals surface area contributed by atoms with Gasteiger partial charge in [0.05, 0.1) is 19.6 Å². The smallest absolute Gasteiger partial charge is 0.317 e. The van der Waals surface area contributed by atoms with Crippen molar-refractivity contribution in [3.05, 3.63) is 58.7 Å². The van der Waals surface area contributed by atoms with Crippen molar-refractivity contribution >= 4 is 29.1 Å². The highest BCUT2D eigenvalue weighted by molar-refractivity contribution is 5.96. The number of carbonyl (C=O) groups is 2. The van der Waals surface area contributed by atoms with Crippen LogP contribution in [0.15, 0.2) is 36.4 Å². The van der Waals surface area contributed by atoms with Crippen molar-refractivity contribution in [1.82, 2.24) is 5.32 Å². The first-order chi connectivity index (χ1) is 15.6. The number of rotatable bonds is 9. The third-order valence-corrected chi connectivity index (χ3v) is 4.94. The molecular formula is C25H31N5O3. The van der Waals surface area contributed by atoms with E-state index in [1.807, 2.05) is 52.0 Å². The van der Waals surface area contributed by atoms with E-state index in [2.05, 4.69) is 22.5 Å². The van der Waals surface area contributed by atoms with Crippen LogP contribution >= 0.6 is 0 Å². The number of carboxylic acid groups (broad SMARTS) is 1. The van der Waals surface area contributed by atoms with Crippen LogP contribution in [-0.2, 0) is 9.59 Å². The van der Waals surface area contributed by atoms with Gasteiger partial charge in [-0.3, -0.25) is 20.3 Å². The summed E-state index contributed by atoms with van der Waals surface area (Å²) in [5, 5.41) is 22.1. The maximum Gasteiger partial charge on any atom is 0.317 e. The van der Waals surface area contributed by atoms with Gasteiger partial charge < -0.3 is 21.1 Å². The topological polar surface area (TPSA) is 132 Å². The van der Waals surface area contributed by atoms with Crippen LogP contribution < -0.4 is 21.3 Å². The quantitative estimate of drug-likeness (QED) is 0.227. The molecule has 0 bridgehead atoms. The van der Waals surface area contributed by atoms with E-state index < -0.39 is 5.97 Å². The Labute approximate surface area is 194 Å². The molecule has 0 fully saturated rings. The third kappa shape index (κ3) is 7.37. The molecule has 0 saturated heterocycles. The molecule has 174 valence electrons. The molecule has 2 aromatic rings. The van der Waals surface area contributed by atoms with Crippen molar-refractivity contribution in [2.24, 2.45) is 5.73 Å². The Morgan fingerprint density at radius 2 is 1.79 bits per heavy atom. The predicted molar refractivity (Wildman–Crippen MR) is 132 cm³/mol. The first-order valence-electron chi connectivity index (χ1n) is 10.6. The maximum atomic E-state index is 12.7. The zero-order chi connectivity index (χ0) is 24.5. The zero-order valence-electron chi connectivity index (χ0n) is 19.5. The minimum atomic E-state index is -1.00. The highest BCUT2D eigenvalue weighted by Gasteiger charge is 2.21. The molecule has 0 atom stereocenters. The number of aryl methyl sites for hydroxylation is 2. The maximum absolute atomic E-state index is 12.7. The van der Waals surface area contributed by atoms with Crippen LogP contribution in [0.5, 0.6) is 0 Å². The molecule has 2 aromatic carbocycles. The van der Waals surface area contributed by atoms with Gasteiger partial charge in [-0.2, -0.15) is 0 Å². The van der Waals surface area contributed by atoms with Crippen LogP contribution in [0.25, 0.3) is 0 Å². The van der Waals surface area contributed by atoms with Crippen LogP contribution in [0, 0.1) is 31.1 Å². The first-order valence-corrected chi connectivity index (χ1v) is 10.6. The fourth-order valence-electron chi connectivity index (χ4n) is 3.31. The zero-order valence-corrected chi connectivity index (χ0v) is 19.5. The number of nitrogen functional groups attached to an aromatic ring is 1. The molecule has 0 radical (unpaired) electrons. The number of benzene rings is 2. The minimum Gasteiger partial charge on any atom is -0.480 e. The molecule has 2 rings (SSSR count). The number of aliphatic carboxylic acids is 1. The summed E-state index contributed by atoms with van der Waals surface area (Å²) in [5.41, 5.74) is 10.6. The lowest BCUT2D eigenvalue weighted by atomic mass is 10.0. The second-order valence-corrected chi connectivity index (χ2v) is 7.95. The first kappa shape index (κ1) is 25.4. The molecule has 0 aliphatic rings. The number of amidine groups is 1. The molecule has 0 unspecified atom stereocenters. The SMILES string of the molecule is Cc1cc(N(C(=O)CNCC(=O)O)C(C)C)c(C)cc1C#CCNc1ccc(C(=N)N)cc1. The molecule has 0 aliphatic carbocycles. The van der Waals surface area contributed by atoms with Crippen molar-refractivity contribution in [1.29, 1.82) is 5.41 Å². The lowest BCUT2D eigenvalue weighted by molar-refractivity contribution is -0.135. The van der Waals surface area contributed by atoms with Crippen molar-refractivity contribution in [3.8, 4) is 11.8 Å². The molecule has 0 heterocycles. The number of anilines is 2. The standard InChI is InChI=1S/C25H31N5O3/c1-16(2)30(23(31)14-28-15-24(32)33)22-13-17(3)20(12-18(22)4)6-5-11-29-21-9-7-19(8-10-21)25(26)27/h7-10,12-13,16,28-29H,11,14-15H2,1-4H3,(H3,26,27)(H,32,33). The summed E-state index contributed by atoms with van der Waals surface area (Å²) in [6.07, 6.45) is 0. The molecule has 0 aromatic heterocycles. The number of nitrogens with zero attached hydrogens (tertiary/aromatic N) is 1. The monoisotopic (exact) mass is 449 g/mol. The second kappa shape index (κ2) is 11.7. The van der Waals surface area contributed by atoms with Gasteiger partial charge in [0, 0.05) is 28.5 Å². The van der Waals surface area contributed by atoms with E-state index in [1.165, 1.54) is 0 Å². The number of nitrogens with two attached hydrogens (primary N) is 1. The lowest BCUT2D eigenvalue weighted by Gasteiger charge is -2.29. The fraction of sp³-hybridized carbons (Fsp3) is 0.320. The highest BCUT2D eigenvalue weighted by atomic mass is 16.4. The summed E-state index contributed by atoms with van der Waals surface area (Å²) < 4.78 is 0. The van der Waals surface area contributed by atoms with Gasteiger partial charge in [-0.15, -0.1) is 0 Å². The number of amides is 1. The highest BCUT2D eigenvalue weighted by Crippen LogP contribution is 2.26. The average Bonchev–Trinajstić information content (AvgIpc) is 2.74. The molecule has 33 heavy (non-hydrogen) atoms. The van der Waals surface area contributed by atoms with Gasteiger partial charge in [0.2, 0.25) is 5.91 Å². The van der Waals surface area contributed by atoms with Gasteiger partial charge in [0.15, 0.2) is 0 Å². The van der Waals surface area contributed by atoms with Crippen molar-refractivity contribution in [2.45, 2.75) is 33.7 Å². The van der Waals surface area contributed by atoms with E-state index in [1.54, 1.807) is 17.0 Å². The Kier molecular flexibility index (Phi) is 9.01. The fourth-order valence-corrected chi connectivity index (χ4v) is 3.31. The summed E-state index contributed by atoms with van der Waals surface area (Å²) in [7, 11) is 0. The summed E-state index contributed by atoms with van der Waals surface area (Å²) in [4.78, 5) is 25.1. The van der Waals surface area contributed by atoms with Crippen LogP contribution in [0.1, 0.15) is 36.1 Å². The minimum absolute atomic E-state index is 0.0323. The van der Waals surface area contributed by atoms with E-state index in [0.29, 0.717) is 12.1 Å². The van der Waals surface area contributed by atoms with E-state index in [0.717, 1.165) is 28.1 Å². The van der Waals surface area contributed by atoms with E-state index in [4.69, 9.17) is 16.2 Å². The normalized spacial score (nSPS) is 10.3. The number of carbonyl (C=O) groups excluding carboxylic acids is 1. The summed E-state index contributed by atoms with van der Waals surface area (Å²) in [5.74, 6) is 5.13. The van der Waals surface area contributed by atoms with E-state index in [-0.39, 0.29) is 30.9 Å². The predicted octanol–water partition coefficient (Wildman–Crippen LogP) is 2.47. The van der Waals surface area contributed by atoms with Crippen molar-refractivity contribution < 1.29 is 14.7 Å². The Bertz CT molecular complexity index is 1080. The number of hydrogen-bond acceptors (Lipinski definition) is 5.